The summed E-state index contributed by atoms with van der Waals surface area (Å²) in [5.74, 6) is -0.924. The van der Waals surface area contributed by atoms with Crippen LogP contribution in [0, 0.1) is 13.8 Å². The van der Waals surface area contributed by atoms with Gasteiger partial charge in [-0.15, -0.1) is 0 Å². The van der Waals surface area contributed by atoms with Crippen molar-refractivity contribution in [3.8, 4) is 0 Å². The molecule has 1 atom stereocenters. The van der Waals surface area contributed by atoms with Crippen LogP contribution < -0.4 is 9.62 Å². The number of carbonyl (C=O) groups is 2. The number of ether oxygens (including phenoxy) is 1. The third-order valence-electron chi connectivity index (χ3n) is 4.37. The van der Waals surface area contributed by atoms with Crippen LogP contribution in [0.4, 0.5) is 11.4 Å². The van der Waals surface area contributed by atoms with Crippen molar-refractivity contribution in [3.05, 3.63) is 59.2 Å². The van der Waals surface area contributed by atoms with Gasteiger partial charge >= 0.3 is 5.97 Å². The first-order chi connectivity index (χ1) is 13.5. The van der Waals surface area contributed by atoms with Gasteiger partial charge in [-0.2, -0.15) is 0 Å². The van der Waals surface area contributed by atoms with Crippen LogP contribution in [0.2, 0.25) is 0 Å². The lowest BCUT2D eigenvalue weighted by Crippen LogP contribution is -2.45. The van der Waals surface area contributed by atoms with Crippen molar-refractivity contribution in [1.82, 2.24) is 0 Å². The molecule has 8 heteroatoms. The summed E-state index contributed by atoms with van der Waals surface area (Å²) in [5, 5.41) is 2.74. The summed E-state index contributed by atoms with van der Waals surface area (Å²) >= 11 is 0. The number of nitrogens with one attached hydrogen (secondary N) is 1. The van der Waals surface area contributed by atoms with Crippen molar-refractivity contribution >= 4 is 33.3 Å². The van der Waals surface area contributed by atoms with Crippen LogP contribution >= 0.6 is 0 Å². The van der Waals surface area contributed by atoms with E-state index in [0.717, 1.165) is 16.1 Å². The zero-order chi connectivity index (χ0) is 21.8. The summed E-state index contributed by atoms with van der Waals surface area (Å²) in [6.07, 6.45) is 1.07. The quantitative estimate of drug-likeness (QED) is 0.697. The predicted octanol–water partition coefficient (Wildman–Crippen LogP) is 3.27. The van der Waals surface area contributed by atoms with E-state index in [2.05, 4.69) is 5.32 Å². The number of nitrogens with zero attached hydrogens (tertiary/aromatic N) is 1. The van der Waals surface area contributed by atoms with Gasteiger partial charge in [0.15, 0.2) is 0 Å². The topological polar surface area (TPSA) is 92.8 Å². The van der Waals surface area contributed by atoms with E-state index in [0.29, 0.717) is 22.5 Å². The van der Waals surface area contributed by atoms with Crippen LogP contribution in [-0.2, 0) is 19.6 Å². The Kier molecular flexibility index (Phi) is 7.02. The molecule has 0 aliphatic carbocycles. The number of aryl methyl sites for hydroxylation is 2. The largest absolute Gasteiger partial charge is 0.462 e. The first-order valence-electron chi connectivity index (χ1n) is 9.19. The van der Waals surface area contributed by atoms with Gasteiger partial charge in [-0.3, -0.25) is 9.10 Å². The molecule has 0 radical (unpaired) electrons. The zero-order valence-corrected chi connectivity index (χ0v) is 18.0. The maximum Gasteiger partial charge on any atom is 0.338 e. The van der Waals surface area contributed by atoms with Gasteiger partial charge in [-0.05, 0) is 63.6 Å². The Labute approximate surface area is 171 Å². The molecular weight excluding hydrogens is 392 g/mol. The number of hydrogen-bond acceptors (Lipinski definition) is 5. The van der Waals surface area contributed by atoms with Crippen LogP contribution in [0.15, 0.2) is 42.5 Å². The minimum atomic E-state index is -3.69. The Morgan fingerprint density at radius 1 is 1.10 bits per heavy atom. The molecule has 0 unspecified atom stereocenters. The minimum absolute atomic E-state index is 0.272. The Balaban J connectivity index is 2.26. The Hall–Kier alpha value is -2.87. The first kappa shape index (κ1) is 22.4. The van der Waals surface area contributed by atoms with Crippen LogP contribution in [0.25, 0.3) is 0 Å². The Morgan fingerprint density at radius 2 is 1.72 bits per heavy atom. The van der Waals surface area contributed by atoms with Crippen molar-refractivity contribution in [3.63, 3.8) is 0 Å². The van der Waals surface area contributed by atoms with Crippen LogP contribution in [-0.4, -0.2) is 39.2 Å². The second kappa shape index (κ2) is 9.09. The van der Waals surface area contributed by atoms with Gasteiger partial charge in [0.25, 0.3) is 0 Å². The van der Waals surface area contributed by atoms with Gasteiger partial charge in [0.2, 0.25) is 15.9 Å². The highest BCUT2D eigenvalue weighted by Gasteiger charge is 2.29. The Bertz CT molecular complexity index is 1000. The molecule has 0 aromatic heterocycles. The Morgan fingerprint density at radius 3 is 2.24 bits per heavy atom. The molecule has 0 fully saturated rings. The molecule has 2 rings (SSSR count). The van der Waals surface area contributed by atoms with Crippen LogP contribution in [0.5, 0.6) is 0 Å². The van der Waals surface area contributed by atoms with Gasteiger partial charge in [-0.25, -0.2) is 13.2 Å². The highest BCUT2D eigenvalue weighted by Crippen LogP contribution is 2.23. The summed E-state index contributed by atoms with van der Waals surface area (Å²) in [6.45, 7) is 7.17. The van der Waals surface area contributed by atoms with E-state index in [-0.39, 0.29) is 6.61 Å². The third kappa shape index (κ3) is 5.57. The molecule has 2 aromatic rings. The van der Waals surface area contributed by atoms with E-state index in [4.69, 9.17) is 4.74 Å². The molecule has 0 aliphatic heterocycles. The normalized spacial score (nSPS) is 12.2. The number of anilines is 2. The van der Waals surface area contributed by atoms with Crippen molar-refractivity contribution < 1.29 is 22.7 Å². The molecule has 0 bridgehead atoms. The van der Waals surface area contributed by atoms with E-state index in [1.165, 1.54) is 6.92 Å². The van der Waals surface area contributed by atoms with E-state index in [1.807, 2.05) is 6.92 Å². The molecule has 0 heterocycles. The minimum Gasteiger partial charge on any atom is -0.462 e. The first-order valence-corrected chi connectivity index (χ1v) is 11.0. The summed E-state index contributed by atoms with van der Waals surface area (Å²) in [6, 6.07) is 10.7. The summed E-state index contributed by atoms with van der Waals surface area (Å²) in [4.78, 5) is 24.6. The lowest BCUT2D eigenvalue weighted by Gasteiger charge is -2.28. The molecule has 2 aromatic carbocycles. The highest BCUT2D eigenvalue weighted by molar-refractivity contribution is 7.92. The zero-order valence-electron chi connectivity index (χ0n) is 17.2. The maximum atomic E-state index is 12.8. The molecule has 29 heavy (non-hydrogen) atoms. The van der Waals surface area contributed by atoms with E-state index in [1.54, 1.807) is 56.3 Å². The van der Waals surface area contributed by atoms with Gasteiger partial charge in [-0.1, -0.05) is 17.7 Å². The SMILES string of the molecule is CCOC(=O)c1ccc(NC(=O)[C@H](C)N(c2ccc(C)cc2)S(C)(=O)=O)c(C)c1. The van der Waals surface area contributed by atoms with Gasteiger partial charge in [0.05, 0.1) is 24.1 Å². The number of rotatable bonds is 7. The average molecular weight is 419 g/mol. The van der Waals surface area contributed by atoms with Gasteiger partial charge in [0.1, 0.15) is 6.04 Å². The average Bonchev–Trinajstić information content (AvgIpc) is 2.64. The van der Waals surface area contributed by atoms with E-state index < -0.39 is 27.9 Å². The number of amides is 1. The molecule has 0 saturated heterocycles. The number of carbonyl (C=O) groups excluding carboxylic acids is 2. The molecule has 1 N–H and O–H groups in total. The number of hydrogen-bond donors (Lipinski definition) is 1. The molecule has 7 nitrogen and oxygen atoms in total. The molecule has 1 amide bonds. The predicted molar refractivity (Wildman–Crippen MR) is 114 cm³/mol. The standard InChI is InChI=1S/C21H26N2O5S/c1-6-28-21(25)17-9-12-19(15(3)13-17)22-20(24)16(4)23(29(5,26)27)18-10-7-14(2)8-11-18/h7-13,16H,6H2,1-5H3,(H,22,24)/t16-/m0/s1. The molecule has 0 spiro atoms. The number of sulfonamides is 1. The lowest BCUT2D eigenvalue weighted by molar-refractivity contribution is -0.116. The van der Waals surface area contributed by atoms with Gasteiger partial charge in [0, 0.05) is 5.69 Å². The molecule has 156 valence electrons. The van der Waals surface area contributed by atoms with Crippen molar-refractivity contribution in [2.75, 3.05) is 22.5 Å². The van der Waals surface area contributed by atoms with E-state index >= 15 is 0 Å². The summed E-state index contributed by atoms with van der Waals surface area (Å²) < 4.78 is 30.8. The molecule has 0 aliphatic rings. The summed E-state index contributed by atoms with van der Waals surface area (Å²) in [7, 11) is -3.69. The van der Waals surface area contributed by atoms with E-state index in [9.17, 15) is 18.0 Å². The number of benzene rings is 2. The van der Waals surface area contributed by atoms with Crippen molar-refractivity contribution in [2.24, 2.45) is 0 Å². The van der Waals surface area contributed by atoms with Crippen molar-refractivity contribution in [1.29, 1.82) is 0 Å². The number of esters is 1. The monoisotopic (exact) mass is 418 g/mol. The smallest absolute Gasteiger partial charge is 0.338 e. The summed E-state index contributed by atoms with van der Waals surface area (Å²) in [5.41, 5.74) is 2.93. The van der Waals surface area contributed by atoms with Crippen LogP contribution in [0.3, 0.4) is 0 Å². The highest BCUT2D eigenvalue weighted by atomic mass is 32.2. The van der Waals surface area contributed by atoms with Gasteiger partial charge < -0.3 is 10.1 Å². The second-order valence-electron chi connectivity index (χ2n) is 6.81. The molecular formula is C21H26N2O5S. The fraction of sp³-hybridized carbons (Fsp3) is 0.333. The van der Waals surface area contributed by atoms with Crippen LogP contribution in [0.1, 0.15) is 35.3 Å². The third-order valence-corrected chi connectivity index (χ3v) is 5.61. The molecule has 0 saturated carbocycles. The fourth-order valence-corrected chi connectivity index (χ4v) is 4.06. The van der Waals surface area contributed by atoms with Crippen molar-refractivity contribution in [2.45, 2.75) is 33.7 Å². The fourth-order valence-electron chi connectivity index (χ4n) is 2.88. The maximum absolute atomic E-state index is 12.8. The second-order valence-corrected chi connectivity index (χ2v) is 8.67. The lowest BCUT2D eigenvalue weighted by atomic mass is 10.1.